The monoisotopic (exact) mass is 534 g/mol. The van der Waals surface area contributed by atoms with Gasteiger partial charge >= 0.3 is 0 Å². The number of pyridine rings is 2. The Morgan fingerprint density at radius 1 is 1.08 bits per heavy atom. The fourth-order valence-electron chi connectivity index (χ4n) is 4.49. The first-order valence-electron chi connectivity index (χ1n) is 11.5. The Kier molecular flexibility index (Phi) is 6.57. The van der Waals surface area contributed by atoms with Crippen molar-refractivity contribution in [2.45, 2.75) is 19.0 Å². The fraction of sp³-hybridized carbons (Fsp3) is 0.192. The molecule has 4 aromatic rings. The maximum Gasteiger partial charge on any atom is 0.229 e. The van der Waals surface area contributed by atoms with Crippen molar-refractivity contribution >= 4 is 38.7 Å². The highest BCUT2D eigenvalue weighted by atomic mass is 32.2. The zero-order valence-corrected chi connectivity index (χ0v) is 22.1. The average Bonchev–Trinajstić information content (AvgIpc) is 3.49. The Balaban J connectivity index is 1.64. The number of hydrogen-bond donors (Lipinski definition) is 2. The molecule has 0 radical (unpaired) electrons. The SMILES string of the molecule is COc1cc(N2C(=S)N[C@@H](c3ccccn3)[C@H]2c2cccn2-c2ccc(C)cn2)ccc1NS(C)(=O)=O. The van der Waals surface area contributed by atoms with Gasteiger partial charge in [0.25, 0.3) is 0 Å². The largest absolute Gasteiger partial charge is 0.494 e. The van der Waals surface area contributed by atoms with Crippen LogP contribution >= 0.6 is 12.2 Å². The Labute approximate surface area is 221 Å². The summed E-state index contributed by atoms with van der Waals surface area (Å²) in [6.07, 6.45) is 6.67. The van der Waals surface area contributed by atoms with Crippen molar-refractivity contribution in [3.05, 3.63) is 96.2 Å². The first kappa shape index (κ1) is 24.7. The zero-order chi connectivity index (χ0) is 26.2. The quantitative estimate of drug-likeness (QED) is 0.341. The summed E-state index contributed by atoms with van der Waals surface area (Å²) in [5, 5.41) is 3.95. The molecule has 190 valence electrons. The minimum atomic E-state index is -3.48. The second-order valence-electron chi connectivity index (χ2n) is 8.75. The molecule has 2 atom stereocenters. The molecule has 2 N–H and O–H groups in total. The molecule has 0 bridgehead atoms. The second kappa shape index (κ2) is 9.83. The molecule has 11 heteroatoms. The van der Waals surface area contributed by atoms with E-state index in [4.69, 9.17) is 17.0 Å². The molecule has 37 heavy (non-hydrogen) atoms. The number of anilines is 2. The summed E-state index contributed by atoms with van der Waals surface area (Å²) in [4.78, 5) is 11.2. The lowest BCUT2D eigenvalue weighted by Gasteiger charge is -2.29. The lowest BCUT2D eigenvalue weighted by molar-refractivity contribution is 0.417. The van der Waals surface area contributed by atoms with Gasteiger partial charge in [0.2, 0.25) is 10.0 Å². The van der Waals surface area contributed by atoms with Crippen LogP contribution in [0.25, 0.3) is 5.82 Å². The van der Waals surface area contributed by atoms with Gasteiger partial charge in [-0.15, -0.1) is 0 Å². The number of methoxy groups -OCH3 is 1. The lowest BCUT2D eigenvalue weighted by Crippen LogP contribution is -2.30. The number of aromatic nitrogens is 3. The molecule has 0 unspecified atom stereocenters. The molecule has 4 heterocycles. The number of rotatable bonds is 7. The predicted molar refractivity (Wildman–Crippen MR) is 148 cm³/mol. The van der Waals surface area contributed by atoms with Crippen molar-refractivity contribution in [1.82, 2.24) is 19.9 Å². The highest BCUT2D eigenvalue weighted by molar-refractivity contribution is 7.92. The summed E-state index contributed by atoms with van der Waals surface area (Å²) in [6, 6.07) is 18.5. The third-order valence-electron chi connectivity index (χ3n) is 6.08. The first-order valence-corrected chi connectivity index (χ1v) is 13.8. The van der Waals surface area contributed by atoms with Gasteiger partial charge < -0.3 is 19.5 Å². The van der Waals surface area contributed by atoms with Gasteiger partial charge in [-0.3, -0.25) is 9.71 Å². The Morgan fingerprint density at radius 2 is 1.92 bits per heavy atom. The van der Waals surface area contributed by atoms with Gasteiger partial charge in [-0.25, -0.2) is 13.4 Å². The van der Waals surface area contributed by atoms with Crippen molar-refractivity contribution in [2.75, 3.05) is 23.0 Å². The van der Waals surface area contributed by atoms with Crippen molar-refractivity contribution in [2.24, 2.45) is 0 Å². The van der Waals surface area contributed by atoms with E-state index in [2.05, 4.69) is 20.0 Å². The van der Waals surface area contributed by atoms with E-state index in [9.17, 15) is 8.42 Å². The van der Waals surface area contributed by atoms with Gasteiger partial charge in [-0.2, -0.15) is 0 Å². The number of nitrogens with zero attached hydrogens (tertiary/aromatic N) is 4. The minimum absolute atomic E-state index is 0.257. The number of ether oxygens (including phenoxy) is 1. The van der Waals surface area contributed by atoms with E-state index in [0.717, 1.165) is 34.7 Å². The normalized spacial score (nSPS) is 17.5. The highest BCUT2D eigenvalue weighted by Crippen LogP contribution is 2.43. The van der Waals surface area contributed by atoms with Crippen LogP contribution in [0.15, 0.2) is 79.3 Å². The molecule has 5 rings (SSSR count). The second-order valence-corrected chi connectivity index (χ2v) is 10.9. The van der Waals surface area contributed by atoms with E-state index < -0.39 is 10.0 Å². The molecule has 1 saturated heterocycles. The summed E-state index contributed by atoms with van der Waals surface area (Å²) < 4.78 is 33.7. The van der Waals surface area contributed by atoms with Crippen LogP contribution in [0.1, 0.15) is 29.0 Å². The van der Waals surface area contributed by atoms with Gasteiger partial charge in [0.05, 0.1) is 30.8 Å². The van der Waals surface area contributed by atoms with Crippen molar-refractivity contribution in [1.29, 1.82) is 0 Å². The third-order valence-corrected chi connectivity index (χ3v) is 6.99. The van der Waals surface area contributed by atoms with Crippen LogP contribution in [0.3, 0.4) is 0 Å². The molecule has 0 amide bonds. The summed E-state index contributed by atoms with van der Waals surface area (Å²) in [5.74, 6) is 1.16. The molecule has 1 aromatic carbocycles. The van der Waals surface area contributed by atoms with E-state index >= 15 is 0 Å². The summed E-state index contributed by atoms with van der Waals surface area (Å²) in [5.41, 5.74) is 3.95. The van der Waals surface area contributed by atoms with E-state index in [0.29, 0.717) is 16.5 Å². The smallest absolute Gasteiger partial charge is 0.229 e. The van der Waals surface area contributed by atoms with Gasteiger partial charge in [0, 0.05) is 36.0 Å². The molecule has 0 saturated carbocycles. The number of thiocarbonyl (C=S) groups is 1. The molecule has 0 spiro atoms. The average molecular weight is 535 g/mol. The van der Waals surface area contributed by atoms with Crippen LogP contribution in [0, 0.1) is 6.92 Å². The molecule has 1 aliphatic heterocycles. The molecule has 1 fully saturated rings. The number of nitrogens with one attached hydrogen (secondary N) is 2. The number of sulfonamides is 1. The maximum atomic E-state index is 11.8. The van der Waals surface area contributed by atoms with E-state index in [-0.39, 0.29) is 12.1 Å². The molecular formula is C26H26N6O3S2. The van der Waals surface area contributed by atoms with Crippen LogP contribution in [0.2, 0.25) is 0 Å². The predicted octanol–water partition coefficient (Wildman–Crippen LogP) is 4.13. The number of aryl methyl sites for hydroxylation is 1. The Morgan fingerprint density at radius 3 is 2.59 bits per heavy atom. The fourth-order valence-corrected chi connectivity index (χ4v) is 5.41. The molecule has 1 aliphatic rings. The molecular weight excluding hydrogens is 508 g/mol. The van der Waals surface area contributed by atoms with Gasteiger partial charge in [0.15, 0.2) is 5.11 Å². The summed E-state index contributed by atoms with van der Waals surface area (Å²) >= 11 is 5.84. The van der Waals surface area contributed by atoms with Crippen LogP contribution in [0.4, 0.5) is 11.4 Å². The molecule has 9 nitrogen and oxygen atoms in total. The maximum absolute atomic E-state index is 11.8. The summed E-state index contributed by atoms with van der Waals surface area (Å²) in [7, 11) is -1.99. The Bertz CT molecular complexity index is 1540. The molecule has 0 aliphatic carbocycles. The lowest BCUT2D eigenvalue weighted by atomic mass is 10.0. The first-order chi connectivity index (χ1) is 17.7. The van der Waals surface area contributed by atoms with Crippen molar-refractivity contribution in [3.8, 4) is 11.6 Å². The highest BCUT2D eigenvalue weighted by Gasteiger charge is 2.42. The van der Waals surface area contributed by atoms with E-state index in [1.807, 2.05) is 77.3 Å². The van der Waals surface area contributed by atoms with Gasteiger partial charge in [-0.05, 0) is 67.2 Å². The third kappa shape index (κ3) is 5.00. The van der Waals surface area contributed by atoms with E-state index in [1.165, 1.54) is 7.11 Å². The minimum Gasteiger partial charge on any atom is -0.494 e. The zero-order valence-electron chi connectivity index (χ0n) is 20.5. The van der Waals surface area contributed by atoms with Crippen molar-refractivity contribution in [3.63, 3.8) is 0 Å². The standard InChI is InChI=1S/C26H26N6O3S2/c1-17-9-12-23(28-16-17)31-14-6-8-21(31)25-24(20-7-4-5-13-27-20)29-26(36)32(25)18-10-11-19(22(15-18)35-2)30-37(3,33)34/h4-16,24-25,30H,1-3H3,(H,29,36)/t24-,25+/m0/s1. The van der Waals surface area contributed by atoms with Crippen molar-refractivity contribution < 1.29 is 13.2 Å². The van der Waals surface area contributed by atoms with Crippen LogP contribution < -0.4 is 19.7 Å². The number of hydrogen-bond acceptors (Lipinski definition) is 6. The Hall–Kier alpha value is -3.96. The van der Waals surface area contributed by atoms with Gasteiger partial charge in [0.1, 0.15) is 17.6 Å². The number of benzene rings is 1. The van der Waals surface area contributed by atoms with Gasteiger partial charge in [-0.1, -0.05) is 12.1 Å². The molecule has 3 aromatic heterocycles. The summed E-state index contributed by atoms with van der Waals surface area (Å²) in [6.45, 7) is 2.00. The van der Waals surface area contributed by atoms with E-state index in [1.54, 1.807) is 18.3 Å². The van der Waals surface area contributed by atoms with Crippen LogP contribution in [0.5, 0.6) is 5.75 Å². The van der Waals surface area contributed by atoms with Crippen LogP contribution in [-0.2, 0) is 10.0 Å². The van der Waals surface area contributed by atoms with Crippen LogP contribution in [-0.4, -0.2) is 41.4 Å². The topological polar surface area (TPSA) is 101 Å².